The van der Waals surface area contributed by atoms with Gasteiger partial charge in [0.2, 0.25) is 11.8 Å². The maximum absolute atomic E-state index is 13.7. The number of aliphatic imine (C=N–C) groups is 1. The number of benzene rings is 2. The largest absolute Gasteiger partial charge is 0.453 e. The predicted molar refractivity (Wildman–Crippen MR) is 222 cm³/mol. The van der Waals surface area contributed by atoms with Crippen molar-refractivity contribution in [2.24, 2.45) is 16.8 Å². The Hall–Kier alpha value is -5.44. The molecule has 3 aromatic rings. The van der Waals surface area contributed by atoms with Gasteiger partial charge in [0.25, 0.3) is 0 Å². The van der Waals surface area contributed by atoms with Crippen molar-refractivity contribution in [3.8, 4) is 22.4 Å². The van der Waals surface area contributed by atoms with Crippen molar-refractivity contribution < 1.29 is 28.7 Å². The first kappa shape index (κ1) is 42.2. The Morgan fingerprint density at radius 2 is 1.40 bits per heavy atom. The van der Waals surface area contributed by atoms with Gasteiger partial charge in [-0.15, -0.1) is 0 Å². The number of likely N-dealkylation sites (tertiary alicyclic amines) is 2. The van der Waals surface area contributed by atoms with Crippen molar-refractivity contribution >= 4 is 29.8 Å². The second kappa shape index (κ2) is 18.4. The lowest BCUT2D eigenvalue weighted by Crippen LogP contribution is -2.54. The van der Waals surface area contributed by atoms with Gasteiger partial charge >= 0.3 is 12.2 Å². The van der Waals surface area contributed by atoms with Gasteiger partial charge < -0.3 is 45.1 Å². The molecule has 1 aromatic heterocycles. The molecule has 2 aromatic carbocycles. The summed E-state index contributed by atoms with van der Waals surface area (Å²) in [6.07, 6.45) is 3.89. The summed E-state index contributed by atoms with van der Waals surface area (Å²) in [6, 6.07) is 13.3. The first-order valence-corrected chi connectivity index (χ1v) is 20.3. The number of rotatable bonds is 13. The lowest BCUT2D eigenvalue weighted by Gasteiger charge is -2.31. The lowest BCUT2D eigenvalue weighted by atomic mass is 9.94. The molecule has 0 aliphatic carbocycles. The summed E-state index contributed by atoms with van der Waals surface area (Å²) in [5.41, 5.74) is 6.37. The van der Waals surface area contributed by atoms with Crippen LogP contribution in [0.2, 0.25) is 0 Å². The number of H-pyrrole nitrogens is 1. The highest BCUT2D eigenvalue weighted by atomic mass is 16.5. The van der Waals surface area contributed by atoms with E-state index in [1.807, 2.05) is 43.7 Å². The summed E-state index contributed by atoms with van der Waals surface area (Å²) in [5, 5.41) is 9.04. The molecule has 2 fully saturated rings. The van der Waals surface area contributed by atoms with E-state index in [1.165, 1.54) is 14.2 Å². The molecule has 0 bridgehead atoms. The maximum atomic E-state index is 13.7. The van der Waals surface area contributed by atoms with Crippen molar-refractivity contribution in [1.82, 2.24) is 40.6 Å². The van der Waals surface area contributed by atoms with E-state index in [-0.39, 0.29) is 41.8 Å². The van der Waals surface area contributed by atoms with Crippen LogP contribution < -0.4 is 16.0 Å². The third-order valence-electron chi connectivity index (χ3n) is 11.4. The van der Waals surface area contributed by atoms with E-state index in [0.717, 1.165) is 77.4 Å². The van der Waals surface area contributed by atoms with E-state index in [9.17, 15) is 19.2 Å². The molecule has 15 nitrogen and oxygen atoms in total. The van der Waals surface area contributed by atoms with Gasteiger partial charge in [-0.1, -0.05) is 64.1 Å². The van der Waals surface area contributed by atoms with Gasteiger partial charge in [-0.25, -0.2) is 14.6 Å². The van der Waals surface area contributed by atoms with Crippen LogP contribution >= 0.6 is 0 Å². The van der Waals surface area contributed by atoms with Crippen LogP contribution in [-0.2, 0) is 25.6 Å². The van der Waals surface area contributed by atoms with E-state index >= 15 is 0 Å². The Morgan fingerprint density at radius 1 is 0.828 bits per heavy atom. The van der Waals surface area contributed by atoms with E-state index in [0.29, 0.717) is 19.6 Å². The average molecular weight is 798 g/mol. The van der Waals surface area contributed by atoms with Crippen molar-refractivity contribution in [2.45, 2.75) is 90.1 Å². The molecule has 5 atom stereocenters. The number of aromatic nitrogens is 2. The summed E-state index contributed by atoms with van der Waals surface area (Å²) in [7, 11) is 6.70. The number of nitrogens with one attached hydrogen (secondary N) is 4. The molecule has 0 saturated carbocycles. The van der Waals surface area contributed by atoms with Crippen LogP contribution in [0.1, 0.15) is 82.4 Å². The highest BCUT2D eigenvalue weighted by Gasteiger charge is 2.40. The molecule has 2 saturated heterocycles. The molecule has 1 unspecified atom stereocenters. The molecule has 0 radical (unpaired) electrons. The van der Waals surface area contributed by atoms with Crippen LogP contribution in [0.3, 0.4) is 0 Å². The number of nitrogens with zero attached hydrogens (tertiary/aromatic N) is 5. The Balaban J connectivity index is 1.15. The number of ether oxygens (including phenoxy) is 2. The van der Waals surface area contributed by atoms with Crippen molar-refractivity contribution in [2.75, 3.05) is 47.9 Å². The SMILES string of the molecule is COC(=O)N[C@H](C(=O)N1CCC[C@H]1C1=NCC(c2ccc(-c3ccc(-c4cnc([C@@H]5CCCN5C(=O)[C@@H](NC(=O)OC)C(C)C)[nH]4)cc3CN(C)C)cc2)N1)C(C)C. The summed E-state index contributed by atoms with van der Waals surface area (Å²) in [6.45, 7) is 10.1. The highest BCUT2D eigenvalue weighted by molar-refractivity contribution is 5.95. The van der Waals surface area contributed by atoms with Gasteiger partial charge in [0.05, 0.1) is 50.8 Å². The second-order valence-electron chi connectivity index (χ2n) is 16.4. The fraction of sp³-hybridized carbons (Fsp3) is 0.535. The normalized spacial score (nSPS) is 20.3. The number of aromatic amines is 1. The minimum absolute atomic E-state index is 0.0136. The molecule has 4 N–H and O–H groups in total. The van der Waals surface area contributed by atoms with Gasteiger partial charge in [-0.05, 0) is 85.5 Å². The van der Waals surface area contributed by atoms with E-state index in [4.69, 9.17) is 19.5 Å². The minimum atomic E-state index is -0.695. The number of carbonyl (C=O) groups excluding carboxylic acids is 4. The Kier molecular flexibility index (Phi) is 13.4. The number of hydrogen-bond acceptors (Lipinski definition) is 10. The summed E-state index contributed by atoms with van der Waals surface area (Å²) < 4.78 is 9.56. The number of hydrogen-bond donors (Lipinski definition) is 4. The van der Waals surface area contributed by atoms with Crippen LogP contribution in [0.25, 0.3) is 22.4 Å². The molecule has 58 heavy (non-hydrogen) atoms. The van der Waals surface area contributed by atoms with Gasteiger partial charge in [-0.2, -0.15) is 0 Å². The fourth-order valence-corrected chi connectivity index (χ4v) is 8.30. The molecule has 3 aliphatic heterocycles. The van der Waals surface area contributed by atoms with Crippen LogP contribution in [0, 0.1) is 11.8 Å². The van der Waals surface area contributed by atoms with E-state index < -0.39 is 24.3 Å². The van der Waals surface area contributed by atoms with E-state index in [1.54, 1.807) is 0 Å². The summed E-state index contributed by atoms with van der Waals surface area (Å²) >= 11 is 0. The molecule has 15 heteroatoms. The number of methoxy groups -OCH3 is 2. The van der Waals surface area contributed by atoms with Gasteiger partial charge in [0.1, 0.15) is 23.7 Å². The highest BCUT2D eigenvalue weighted by Crippen LogP contribution is 2.35. The monoisotopic (exact) mass is 797 g/mol. The van der Waals surface area contributed by atoms with Crippen LogP contribution in [0.15, 0.2) is 53.7 Å². The van der Waals surface area contributed by atoms with Crippen molar-refractivity contribution in [3.63, 3.8) is 0 Å². The van der Waals surface area contributed by atoms with E-state index in [2.05, 4.69) is 82.4 Å². The van der Waals surface area contributed by atoms with Gasteiger partial charge in [0.15, 0.2) is 0 Å². The second-order valence-corrected chi connectivity index (χ2v) is 16.4. The molecule has 312 valence electrons. The Morgan fingerprint density at radius 3 is 1.97 bits per heavy atom. The summed E-state index contributed by atoms with van der Waals surface area (Å²) in [5.74, 6) is 1.07. The predicted octanol–water partition coefficient (Wildman–Crippen LogP) is 5.26. The fourth-order valence-electron chi connectivity index (χ4n) is 8.30. The zero-order valence-electron chi connectivity index (χ0n) is 35.0. The van der Waals surface area contributed by atoms with Crippen LogP contribution in [0.4, 0.5) is 9.59 Å². The number of alkyl carbamates (subject to hydrolysis) is 2. The average Bonchev–Trinajstić information content (AvgIpc) is 4.05. The quantitative estimate of drug-likeness (QED) is 0.180. The number of imidazole rings is 1. The van der Waals surface area contributed by atoms with Gasteiger partial charge in [0, 0.05) is 19.6 Å². The number of amides is 4. The lowest BCUT2D eigenvalue weighted by molar-refractivity contribution is -0.135. The maximum Gasteiger partial charge on any atom is 0.407 e. The molecule has 4 amide bonds. The minimum Gasteiger partial charge on any atom is -0.453 e. The van der Waals surface area contributed by atoms with Crippen molar-refractivity contribution in [3.05, 3.63) is 65.6 Å². The Labute approximate surface area is 341 Å². The number of amidine groups is 1. The zero-order valence-corrected chi connectivity index (χ0v) is 35.0. The molecular weight excluding hydrogens is 739 g/mol. The van der Waals surface area contributed by atoms with Gasteiger partial charge in [-0.3, -0.25) is 14.6 Å². The molecule has 6 rings (SSSR count). The smallest absolute Gasteiger partial charge is 0.407 e. The molecule has 3 aliphatic rings. The van der Waals surface area contributed by atoms with Crippen molar-refractivity contribution in [1.29, 1.82) is 0 Å². The molecular formula is C43H59N9O6. The number of carbonyl (C=O) groups is 4. The van der Waals surface area contributed by atoms with Crippen LogP contribution in [0.5, 0.6) is 0 Å². The Bertz CT molecular complexity index is 1980. The molecule has 4 heterocycles. The standard InChI is InChI=1S/C43H59N9O6/c1-25(2)36(48-42(55)57-7)40(53)51-19-9-11-34(51)38-44-22-32(46-38)28-15-13-27(14-16-28)31-18-17-29(21-30(31)24-50(5)6)33-23-45-39(47-33)35-12-10-20-52(35)41(54)37(26(3)4)49-43(56)58-8/h13-18,21,23,25-26,32,34-37H,9-12,19-20,22,24H2,1-8H3,(H,44,46)(H,45,47)(H,48,55)(H,49,56)/t32?,34-,35-,36-,37-/m0/s1. The van der Waals surface area contributed by atoms with Crippen LogP contribution in [-0.4, -0.2) is 121 Å². The third-order valence-corrected chi connectivity index (χ3v) is 11.4. The summed E-state index contributed by atoms with van der Waals surface area (Å²) in [4.78, 5) is 70.3. The zero-order chi connectivity index (χ0) is 41.7. The molecule has 0 spiro atoms. The third kappa shape index (κ3) is 9.30. The first-order valence-electron chi connectivity index (χ1n) is 20.3. The first-order chi connectivity index (χ1) is 27.8. The topological polar surface area (TPSA) is 174 Å².